The minimum absolute atomic E-state index is 0.141. The van der Waals surface area contributed by atoms with Gasteiger partial charge in [-0.3, -0.25) is 4.79 Å². The Morgan fingerprint density at radius 3 is 2.53 bits per heavy atom. The van der Waals surface area contributed by atoms with Crippen LogP contribution in [-0.2, 0) is 4.79 Å². The molecule has 0 aromatic carbocycles. The number of nitrogens with two attached hydrogens (primary N) is 1. The minimum Gasteiger partial charge on any atom is -0.342 e. The predicted molar refractivity (Wildman–Crippen MR) is 70.7 cm³/mol. The van der Waals surface area contributed by atoms with Gasteiger partial charge in [-0.25, -0.2) is 0 Å². The molecule has 100 valence electrons. The molecule has 0 radical (unpaired) electrons. The first-order valence-electron chi connectivity index (χ1n) is 6.72. The third kappa shape index (κ3) is 4.28. The van der Waals surface area contributed by atoms with Crippen molar-refractivity contribution in [2.45, 2.75) is 39.2 Å². The molecule has 1 amide bonds. The van der Waals surface area contributed by atoms with Gasteiger partial charge in [0.05, 0.1) is 0 Å². The summed E-state index contributed by atoms with van der Waals surface area (Å²) in [7, 11) is 1.86. The summed E-state index contributed by atoms with van der Waals surface area (Å²) < 4.78 is 0. The second-order valence-electron chi connectivity index (χ2n) is 5.36. The van der Waals surface area contributed by atoms with Gasteiger partial charge >= 0.3 is 0 Å². The molecule has 0 aromatic rings. The zero-order valence-corrected chi connectivity index (χ0v) is 11.4. The maximum Gasteiger partial charge on any atom is 0.222 e. The number of hydrogen-bond donors (Lipinski definition) is 2. The number of likely N-dealkylation sites (N-methyl/N-ethyl adjacent to an activating group) is 1. The number of nitrogens with zero attached hydrogens (tertiary/aromatic N) is 1. The van der Waals surface area contributed by atoms with E-state index >= 15 is 0 Å². The van der Waals surface area contributed by atoms with Crippen molar-refractivity contribution >= 4 is 5.91 Å². The van der Waals surface area contributed by atoms with E-state index in [-0.39, 0.29) is 11.9 Å². The molecule has 0 bridgehead atoms. The summed E-state index contributed by atoms with van der Waals surface area (Å²) in [6.45, 7) is 6.92. The maximum atomic E-state index is 12.1. The topological polar surface area (TPSA) is 58.4 Å². The Hall–Kier alpha value is -0.610. The summed E-state index contributed by atoms with van der Waals surface area (Å²) in [4.78, 5) is 13.8. The first-order chi connectivity index (χ1) is 8.06. The minimum atomic E-state index is 0.141. The summed E-state index contributed by atoms with van der Waals surface area (Å²) in [6, 6.07) is 0.141. The molecule has 2 atom stereocenters. The number of rotatable bonds is 5. The van der Waals surface area contributed by atoms with Crippen LogP contribution in [0.15, 0.2) is 0 Å². The number of nitrogens with one attached hydrogen (secondary N) is 1. The summed E-state index contributed by atoms with van der Waals surface area (Å²) in [5.41, 5.74) is 5.58. The van der Waals surface area contributed by atoms with Gasteiger partial charge in [0, 0.05) is 26.1 Å². The molecule has 3 N–H and O–H groups in total. The molecule has 1 rings (SSSR count). The Bertz CT molecular complexity index is 239. The number of amides is 1. The Morgan fingerprint density at radius 2 is 2.00 bits per heavy atom. The third-order valence-corrected chi connectivity index (χ3v) is 4.08. The average Bonchev–Trinajstić information content (AvgIpc) is 2.37. The van der Waals surface area contributed by atoms with E-state index < -0.39 is 0 Å². The van der Waals surface area contributed by atoms with Crippen molar-refractivity contribution in [2.24, 2.45) is 17.6 Å². The first-order valence-corrected chi connectivity index (χ1v) is 6.72. The van der Waals surface area contributed by atoms with Gasteiger partial charge in [0.1, 0.15) is 0 Å². The predicted octanol–water partition coefficient (Wildman–Crippen LogP) is 0.818. The second kappa shape index (κ2) is 6.97. The van der Waals surface area contributed by atoms with Crippen LogP contribution >= 0.6 is 0 Å². The molecule has 0 spiro atoms. The van der Waals surface area contributed by atoms with E-state index in [0.29, 0.717) is 24.8 Å². The highest BCUT2D eigenvalue weighted by molar-refractivity contribution is 5.76. The van der Waals surface area contributed by atoms with Crippen LogP contribution in [0.5, 0.6) is 0 Å². The van der Waals surface area contributed by atoms with Gasteiger partial charge in [0.15, 0.2) is 0 Å². The van der Waals surface area contributed by atoms with Gasteiger partial charge in [0.2, 0.25) is 5.91 Å². The Morgan fingerprint density at radius 1 is 1.41 bits per heavy atom. The van der Waals surface area contributed by atoms with Crippen molar-refractivity contribution < 1.29 is 4.79 Å². The molecule has 1 aliphatic rings. The monoisotopic (exact) mass is 241 g/mol. The lowest BCUT2D eigenvalue weighted by atomic mass is 9.84. The number of hydrogen-bond acceptors (Lipinski definition) is 3. The van der Waals surface area contributed by atoms with Crippen LogP contribution in [0.3, 0.4) is 0 Å². The summed E-state index contributed by atoms with van der Waals surface area (Å²) >= 11 is 0. The van der Waals surface area contributed by atoms with Crippen LogP contribution in [0.1, 0.15) is 33.1 Å². The van der Waals surface area contributed by atoms with Crippen LogP contribution < -0.4 is 11.1 Å². The average molecular weight is 241 g/mol. The summed E-state index contributed by atoms with van der Waals surface area (Å²) in [5.74, 6) is 1.41. The van der Waals surface area contributed by atoms with Crippen LogP contribution in [0.2, 0.25) is 0 Å². The number of carbonyl (C=O) groups is 1. The van der Waals surface area contributed by atoms with Gasteiger partial charge in [-0.15, -0.1) is 0 Å². The third-order valence-electron chi connectivity index (χ3n) is 4.08. The lowest BCUT2D eigenvalue weighted by Crippen LogP contribution is -2.41. The summed E-state index contributed by atoms with van der Waals surface area (Å²) in [6.07, 6.45) is 3.06. The van der Waals surface area contributed by atoms with E-state index in [2.05, 4.69) is 12.2 Å². The molecule has 1 saturated heterocycles. The van der Waals surface area contributed by atoms with Gasteiger partial charge < -0.3 is 16.0 Å². The highest BCUT2D eigenvalue weighted by Gasteiger charge is 2.24. The van der Waals surface area contributed by atoms with Crippen LogP contribution in [0.25, 0.3) is 0 Å². The molecule has 1 heterocycles. The Balaban J connectivity index is 2.38. The number of piperidine rings is 1. The van der Waals surface area contributed by atoms with Crippen molar-refractivity contribution in [1.29, 1.82) is 0 Å². The van der Waals surface area contributed by atoms with E-state index in [0.717, 1.165) is 13.1 Å². The van der Waals surface area contributed by atoms with Crippen molar-refractivity contribution in [1.82, 2.24) is 10.2 Å². The fraction of sp³-hybridized carbons (Fsp3) is 0.923. The molecule has 17 heavy (non-hydrogen) atoms. The molecular formula is C13H27N3O. The van der Waals surface area contributed by atoms with E-state index in [1.165, 1.54) is 12.8 Å². The highest BCUT2D eigenvalue weighted by Crippen LogP contribution is 2.24. The standard InChI is InChI=1S/C13H27N3O/c1-10(12-4-6-15-7-5-12)8-13(17)16(3)11(2)9-14/h10-12,15H,4-9,14H2,1-3H3. The maximum absolute atomic E-state index is 12.1. The SMILES string of the molecule is CC(CC(=O)N(C)C(C)CN)C1CCNCC1. The quantitative estimate of drug-likeness (QED) is 0.749. The molecule has 4 nitrogen and oxygen atoms in total. The zero-order chi connectivity index (χ0) is 12.8. The molecule has 4 heteroatoms. The van der Waals surface area contributed by atoms with Crippen LogP contribution in [0, 0.1) is 11.8 Å². The lowest BCUT2D eigenvalue weighted by Gasteiger charge is -2.30. The molecule has 2 unspecified atom stereocenters. The van der Waals surface area contributed by atoms with Gasteiger partial charge in [-0.1, -0.05) is 6.92 Å². The van der Waals surface area contributed by atoms with E-state index in [1.54, 1.807) is 4.90 Å². The largest absolute Gasteiger partial charge is 0.342 e. The van der Waals surface area contributed by atoms with E-state index in [9.17, 15) is 4.79 Å². The van der Waals surface area contributed by atoms with Crippen molar-refractivity contribution in [3.8, 4) is 0 Å². The Kier molecular flexibility index (Phi) is 5.92. The zero-order valence-electron chi connectivity index (χ0n) is 11.4. The molecule has 0 aromatic heterocycles. The first kappa shape index (κ1) is 14.5. The molecule has 1 aliphatic heterocycles. The molecule has 1 fully saturated rings. The van der Waals surface area contributed by atoms with E-state index in [4.69, 9.17) is 5.73 Å². The summed E-state index contributed by atoms with van der Waals surface area (Å²) in [5, 5.41) is 3.36. The van der Waals surface area contributed by atoms with Crippen molar-refractivity contribution in [3.05, 3.63) is 0 Å². The fourth-order valence-corrected chi connectivity index (χ4v) is 2.40. The van der Waals surface area contributed by atoms with Crippen LogP contribution in [0.4, 0.5) is 0 Å². The van der Waals surface area contributed by atoms with Gasteiger partial charge in [-0.05, 0) is 44.7 Å². The van der Waals surface area contributed by atoms with E-state index in [1.807, 2.05) is 14.0 Å². The molecular weight excluding hydrogens is 214 g/mol. The second-order valence-corrected chi connectivity index (χ2v) is 5.36. The Labute approximate surface area is 105 Å². The van der Waals surface area contributed by atoms with Crippen molar-refractivity contribution in [2.75, 3.05) is 26.7 Å². The highest BCUT2D eigenvalue weighted by atomic mass is 16.2. The van der Waals surface area contributed by atoms with Gasteiger partial charge in [-0.2, -0.15) is 0 Å². The van der Waals surface area contributed by atoms with Gasteiger partial charge in [0.25, 0.3) is 0 Å². The number of carbonyl (C=O) groups excluding carboxylic acids is 1. The lowest BCUT2D eigenvalue weighted by molar-refractivity contribution is -0.132. The smallest absolute Gasteiger partial charge is 0.222 e. The van der Waals surface area contributed by atoms with Crippen LogP contribution in [-0.4, -0.2) is 43.5 Å². The normalized spacial score (nSPS) is 20.9. The molecule has 0 aliphatic carbocycles. The fourth-order valence-electron chi connectivity index (χ4n) is 2.40. The van der Waals surface area contributed by atoms with Crippen molar-refractivity contribution in [3.63, 3.8) is 0 Å². The molecule has 0 saturated carbocycles.